The number of ether oxygens (including phenoxy) is 1. The molecule has 0 atom stereocenters. The van der Waals surface area contributed by atoms with E-state index in [1.165, 1.54) is 0 Å². The van der Waals surface area contributed by atoms with Crippen LogP contribution in [0.1, 0.15) is 0 Å². The molecule has 0 saturated carbocycles. The molecule has 1 aromatic carbocycles. The molecule has 0 aliphatic heterocycles. The van der Waals surface area contributed by atoms with Crippen LogP contribution in [0.2, 0.25) is 0 Å². The summed E-state index contributed by atoms with van der Waals surface area (Å²) in [4.78, 5) is 0. The number of halogens is 2. The van der Waals surface area contributed by atoms with Crippen molar-refractivity contribution in [2.45, 2.75) is 0 Å². The van der Waals surface area contributed by atoms with E-state index in [9.17, 15) is 0 Å². The molecule has 1 aromatic rings. The monoisotopic (exact) mass is 208 g/mol. The summed E-state index contributed by atoms with van der Waals surface area (Å²) in [5.74, 6) is 0.661. The van der Waals surface area contributed by atoms with Crippen LogP contribution in [0, 0.1) is 0 Å². The summed E-state index contributed by atoms with van der Waals surface area (Å²) in [5, 5.41) is 0. The van der Waals surface area contributed by atoms with Crippen molar-refractivity contribution in [1.29, 1.82) is 0 Å². The second-order valence-corrected chi connectivity index (χ2v) is 2.00. The van der Waals surface area contributed by atoms with Crippen LogP contribution in [0.3, 0.4) is 0 Å². The minimum atomic E-state index is 0. The van der Waals surface area contributed by atoms with Crippen molar-refractivity contribution in [3.05, 3.63) is 18.2 Å². The van der Waals surface area contributed by atoms with Gasteiger partial charge in [-0.2, -0.15) is 0 Å². The molecule has 0 aliphatic rings. The molecule has 0 saturated heterocycles. The summed E-state index contributed by atoms with van der Waals surface area (Å²) >= 11 is 0. The smallest absolute Gasteiger partial charge is 0.141 e. The van der Waals surface area contributed by atoms with Crippen molar-refractivity contribution in [3.8, 4) is 5.75 Å². The summed E-state index contributed by atoms with van der Waals surface area (Å²) < 4.78 is 4.92. The Morgan fingerprint density at radius 1 is 1.17 bits per heavy atom. The number of nitrogen functional groups attached to an aromatic ring is 2. The Balaban J connectivity index is 0. The minimum Gasteiger partial charge on any atom is -1.00 e. The van der Waals surface area contributed by atoms with Gasteiger partial charge < -0.3 is 41.0 Å². The maximum absolute atomic E-state index is 5.53. The first-order chi connectivity index (χ1) is 4.74. The molecule has 4 N–H and O–H groups in total. The number of methoxy groups -OCH3 is 1. The lowest BCUT2D eigenvalue weighted by Gasteiger charge is -2.03. The summed E-state index contributed by atoms with van der Waals surface area (Å²) in [7, 11) is 1.57. The average Bonchev–Trinajstić information content (AvgIpc) is 1.88. The van der Waals surface area contributed by atoms with Crippen molar-refractivity contribution >= 4 is 11.4 Å². The standard InChI is InChI=1S/C7H10N2O.2ClH/c1-10-7-3-2-5(8)4-6(7)9;;/h2-4H,8-9H2,1H3;2*1H/p-2. The Kier molecular flexibility index (Phi) is 6.65. The highest BCUT2D eigenvalue weighted by atomic mass is 35.5. The van der Waals surface area contributed by atoms with E-state index in [0.29, 0.717) is 17.1 Å². The van der Waals surface area contributed by atoms with Gasteiger partial charge in [0.25, 0.3) is 0 Å². The Hall–Kier alpha value is -0.800. The third-order valence-corrected chi connectivity index (χ3v) is 1.25. The molecule has 0 aromatic heterocycles. The van der Waals surface area contributed by atoms with Crippen LogP contribution in [0.4, 0.5) is 11.4 Å². The molecule has 5 heteroatoms. The van der Waals surface area contributed by atoms with E-state index < -0.39 is 0 Å². The van der Waals surface area contributed by atoms with Crippen LogP contribution in [-0.4, -0.2) is 7.11 Å². The largest absolute Gasteiger partial charge is 1.00 e. The maximum atomic E-state index is 5.53. The minimum absolute atomic E-state index is 0. The molecular weight excluding hydrogens is 199 g/mol. The molecule has 1 rings (SSSR count). The van der Waals surface area contributed by atoms with E-state index in [1.54, 1.807) is 25.3 Å². The molecule has 12 heavy (non-hydrogen) atoms. The van der Waals surface area contributed by atoms with Crippen molar-refractivity contribution in [1.82, 2.24) is 0 Å². The fourth-order valence-electron chi connectivity index (χ4n) is 0.753. The lowest BCUT2D eigenvalue weighted by Crippen LogP contribution is -3.00. The van der Waals surface area contributed by atoms with Crippen LogP contribution in [0.5, 0.6) is 5.75 Å². The van der Waals surface area contributed by atoms with E-state index in [2.05, 4.69) is 0 Å². The van der Waals surface area contributed by atoms with Crippen LogP contribution in [0.15, 0.2) is 18.2 Å². The Bertz CT molecular complexity index is 243. The number of hydrogen-bond donors (Lipinski definition) is 2. The van der Waals surface area contributed by atoms with Gasteiger partial charge in [0.2, 0.25) is 0 Å². The zero-order valence-electron chi connectivity index (χ0n) is 6.55. The van der Waals surface area contributed by atoms with Gasteiger partial charge >= 0.3 is 0 Å². The van der Waals surface area contributed by atoms with Gasteiger partial charge in [0, 0.05) is 5.69 Å². The molecule has 70 valence electrons. The molecule has 0 heterocycles. The third-order valence-electron chi connectivity index (χ3n) is 1.25. The lowest BCUT2D eigenvalue weighted by molar-refractivity contribution is -0.001000. The number of anilines is 2. The van der Waals surface area contributed by atoms with E-state index in [4.69, 9.17) is 16.2 Å². The molecule has 0 fully saturated rings. The highest BCUT2D eigenvalue weighted by Gasteiger charge is 1.96. The van der Waals surface area contributed by atoms with Gasteiger partial charge in [-0.1, -0.05) is 0 Å². The van der Waals surface area contributed by atoms with Crippen LogP contribution < -0.4 is 41.0 Å². The van der Waals surface area contributed by atoms with Crippen LogP contribution in [0.25, 0.3) is 0 Å². The van der Waals surface area contributed by atoms with Gasteiger partial charge in [-0.3, -0.25) is 0 Å². The summed E-state index contributed by atoms with van der Waals surface area (Å²) in [6.07, 6.45) is 0. The van der Waals surface area contributed by atoms with Crippen molar-refractivity contribution in [3.63, 3.8) is 0 Å². The SMILES string of the molecule is COc1ccc(N)cc1N.[Cl-].[Cl-]. The van der Waals surface area contributed by atoms with E-state index in [-0.39, 0.29) is 24.8 Å². The molecule has 0 radical (unpaired) electrons. The lowest BCUT2D eigenvalue weighted by atomic mass is 10.2. The Labute approximate surface area is 83.9 Å². The highest BCUT2D eigenvalue weighted by Crippen LogP contribution is 2.22. The first-order valence-corrected chi connectivity index (χ1v) is 2.93. The van der Waals surface area contributed by atoms with Gasteiger partial charge in [-0.25, -0.2) is 0 Å². The van der Waals surface area contributed by atoms with Gasteiger partial charge in [-0.15, -0.1) is 0 Å². The fraction of sp³-hybridized carbons (Fsp3) is 0.143. The Morgan fingerprint density at radius 2 is 1.75 bits per heavy atom. The molecular formula is C7H10Cl2N2O-2. The first-order valence-electron chi connectivity index (χ1n) is 2.93. The second-order valence-electron chi connectivity index (χ2n) is 2.00. The van der Waals surface area contributed by atoms with Crippen LogP contribution >= 0.6 is 0 Å². The topological polar surface area (TPSA) is 61.3 Å². The first kappa shape index (κ1) is 13.8. The third kappa shape index (κ3) is 3.07. The van der Waals surface area contributed by atoms with E-state index in [0.717, 1.165) is 0 Å². The average molecular weight is 209 g/mol. The number of benzene rings is 1. The predicted molar refractivity (Wildman–Crippen MR) is 41.8 cm³/mol. The van der Waals surface area contributed by atoms with Crippen molar-refractivity contribution in [2.75, 3.05) is 18.6 Å². The highest BCUT2D eigenvalue weighted by molar-refractivity contribution is 5.60. The fourth-order valence-corrected chi connectivity index (χ4v) is 0.753. The zero-order valence-corrected chi connectivity index (χ0v) is 8.06. The van der Waals surface area contributed by atoms with Crippen molar-refractivity contribution < 1.29 is 29.6 Å². The van der Waals surface area contributed by atoms with Gasteiger partial charge in [0.1, 0.15) is 5.75 Å². The predicted octanol–water partition coefficient (Wildman–Crippen LogP) is -5.13. The van der Waals surface area contributed by atoms with Gasteiger partial charge in [0.05, 0.1) is 12.8 Å². The summed E-state index contributed by atoms with van der Waals surface area (Å²) in [6.45, 7) is 0. The summed E-state index contributed by atoms with van der Waals surface area (Å²) in [6, 6.07) is 5.15. The normalized spacial score (nSPS) is 7.75. The molecule has 3 nitrogen and oxygen atoms in total. The van der Waals surface area contributed by atoms with E-state index >= 15 is 0 Å². The molecule has 0 unspecified atom stereocenters. The molecule has 0 bridgehead atoms. The molecule has 0 spiro atoms. The molecule has 0 amide bonds. The zero-order chi connectivity index (χ0) is 7.56. The Morgan fingerprint density at radius 3 is 2.17 bits per heavy atom. The van der Waals surface area contributed by atoms with Gasteiger partial charge in [0.15, 0.2) is 0 Å². The quantitative estimate of drug-likeness (QED) is 0.455. The maximum Gasteiger partial charge on any atom is 0.141 e. The van der Waals surface area contributed by atoms with E-state index in [1.807, 2.05) is 0 Å². The van der Waals surface area contributed by atoms with Crippen LogP contribution in [-0.2, 0) is 0 Å². The second kappa shape index (κ2) is 5.80. The number of hydrogen-bond acceptors (Lipinski definition) is 3. The molecule has 0 aliphatic carbocycles. The summed E-state index contributed by atoms with van der Waals surface area (Å²) in [5.41, 5.74) is 12.2. The van der Waals surface area contributed by atoms with Gasteiger partial charge in [-0.05, 0) is 18.2 Å². The number of rotatable bonds is 1. The van der Waals surface area contributed by atoms with Crippen molar-refractivity contribution in [2.24, 2.45) is 0 Å². The number of nitrogens with two attached hydrogens (primary N) is 2.